The van der Waals surface area contributed by atoms with Gasteiger partial charge in [0.05, 0.1) is 0 Å². The summed E-state index contributed by atoms with van der Waals surface area (Å²) in [7, 11) is 0. The van der Waals surface area contributed by atoms with Crippen molar-refractivity contribution in [2.24, 2.45) is 5.92 Å². The van der Waals surface area contributed by atoms with Crippen LogP contribution in [0.25, 0.3) is 0 Å². The molecule has 0 bridgehead atoms. The molecular weight excluding hydrogens is 287 g/mol. The first-order valence-corrected chi connectivity index (χ1v) is 7.00. The second-order valence-electron chi connectivity index (χ2n) is 5.60. The number of benzene rings is 1. The Morgan fingerprint density at radius 2 is 1.57 bits per heavy atom. The summed E-state index contributed by atoms with van der Waals surface area (Å²) in [6.45, 7) is 3.68. The Morgan fingerprint density at radius 1 is 1.05 bits per heavy atom. The Hall–Kier alpha value is -1.39. The van der Waals surface area contributed by atoms with Gasteiger partial charge in [-0.25, -0.2) is 8.78 Å². The normalized spacial score (nSPS) is 23.1. The van der Waals surface area contributed by atoms with Crippen molar-refractivity contribution in [3.8, 4) is 0 Å². The van der Waals surface area contributed by atoms with E-state index < -0.39 is 23.4 Å². The van der Waals surface area contributed by atoms with E-state index in [1.54, 1.807) is 0 Å². The number of allylic oxidation sites excluding steroid dienone is 1. The van der Waals surface area contributed by atoms with Crippen LogP contribution in [0.5, 0.6) is 0 Å². The molecule has 5 heteroatoms. The lowest BCUT2D eigenvalue weighted by Crippen LogP contribution is -2.16. The van der Waals surface area contributed by atoms with Crippen molar-refractivity contribution in [2.75, 3.05) is 0 Å². The van der Waals surface area contributed by atoms with Crippen LogP contribution in [0.1, 0.15) is 49.1 Å². The summed E-state index contributed by atoms with van der Waals surface area (Å²) in [5, 5.41) is 0. The zero-order valence-electron chi connectivity index (χ0n) is 11.5. The number of halogens is 5. The summed E-state index contributed by atoms with van der Waals surface area (Å²) < 4.78 is 64.8. The molecule has 0 aromatic heterocycles. The fourth-order valence-corrected chi connectivity index (χ4v) is 3.07. The van der Waals surface area contributed by atoms with Gasteiger partial charge in [-0.15, -0.1) is 6.58 Å². The second kappa shape index (κ2) is 6.16. The van der Waals surface area contributed by atoms with Crippen LogP contribution in [0.15, 0.2) is 24.8 Å². The molecule has 0 unspecified atom stereocenters. The van der Waals surface area contributed by atoms with Gasteiger partial charge < -0.3 is 0 Å². The largest absolute Gasteiger partial charge is 0.422 e. The first-order valence-electron chi connectivity index (χ1n) is 7.00. The molecule has 1 aromatic carbocycles. The number of alkyl halides is 3. The first-order chi connectivity index (χ1) is 9.82. The molecule has 2 rings (SSSR count). The molecule has 0 heterocycles. The van der Waals surface area contributed by atoms with Crippen LogP contribution in [0.4, 0.5) is 22.0 Å². The van der Waals surface area contributed by atoms with Gasteiger partial charge in [-0.3, -0.25) is 0 Å². The van der Waals surface area contributed by atoms with Crippen LogP contribution in [-0.4, -0.2) is 0 Å². The predicted octanol–water partition coefficient (Wildman–Crippen LogP) is 5.83. The Morgan fingerprint density at radius 3 is 2.00 bits per heavy atom. The van der Waals surface area contributed by atoms with Gasteiger partial charge in [-0.1, -0.05) is 6.08 Å². The third-order valence-corrected chi connectivity index (χ3v) is 4.17. The fourth-order valence-electron chi connectivity index (χ4n) is 3.07. The van der Waals surface area contributed by atoms with Gasteiger partial charge in [0.2, 0.25) is 0 Å². The molecular formula is C16H17F5. The summed E-state index contributed by atoms with van der Waals surface area (Å²) in [4.78, 5) is 0. The summed E-state index contributed by atoms with van der Waals surface area (Å²) in [5.74, 6) is -2.60. The minimum Gasteiger partial charge on any atom is -0.206 e. The van der Waals surface area contributed by atoms with Gasteiger partial charge in [0, 0.05) is 0 Å². The summed E-state index contributed by atoms with van der Waals surface area (Å²) >= 11 is 0. The summed E-state index contributed by atoms with van der Waals surface area (Å²) in [5.41, 5.74) is -1.47. The molecule has 0 N–H and O–H groups in total. The molecule has 1 aromatic rings. The van der Waals surface area contributed by atoms with Crippen molar-refractivity contribution in [3.05, 3.63) is 47.5 Å². The average Bonchev–Trinajstić information content (AvgIpc) is 2.37. The maximum Gasteiger partial charge on any atom is 0.422 e. The van der Waals surface area contributed by atoms with Crippen molar-refractivity contribution in [3.63, 3.8) is 0 Å². The van der Waals surface area contributed by atoms with Crippen molar-refractivity contribution in [2.45, 2.75) is 44.2 Å². The van der Waals surface area contributed by atoms with Crippen LogP contribution >= 0.6 is 0 Å². The van der Waals surface area contributed by atoms with Crippen molar-refractivity contribution in [1.82, 2.24) is 0 Å². The molecule has 0 amide bonds. The monoisotopic (exact) mass is 304 g/mol. The topological polar surface area (TPSA) is 0 Å². The minimum atomic E-state index is -5.01. The van der Waals surface area contributed by atoms with E-state index >= 15 is 0 Å². The molecule has 0 atom stereocenters. The van der Waals surface area contributed by atoms with Crippen molar-refractivity contribution in [1.29, 1.82) is 0 Å². The standard InChI is InChI=1S/C16H17F5/c1-2-3-10-4-6-11(7-5-10)12-8-13(17)15(14(18)9-12)16(19,20)21/h2,8-11H,1,3-7H2/t10-,11-. The van der Waals surface area contributed by atoms with Crippen LogP contribution in [0.3, 0.4) is 0 Å². The van der Waals surface area contributed by atoms with Crippen LogP contribution in [-0.2, 0) is 6.18 Å². The van der Waals surface area contributed by atoms with E-state index in [2.05, 4.69) is 6.58 Å². The Bertz CT molecular complexity index is 487. The summed E-state index contributed by atoms with van der Waals surface area (Å²) in [6.07, 6.45) is 1.03. The zero-order valence-corrected chi connectivity index (χ0v) is 11.5. The highest BCUT2D eigenvalue weighted by Gasteiger charge is 2.38. The third-order valence-electron chi connectivity index (χ3n) is 4.17. The lowest BCUT2D eigenvalue weighted by molar-refractivity contribution is -0.142. The van der Waals surface area contributed by atoms with Gasteiger partial charge in [-0.05, 0) is 61.6 Å². The molecule has 1 aliphatic rings. The predicted molar refractivity (Wildman–Crippen MR) is 70.9 cm³/mol. The van der Waals surface area contributed by atoms with E-state index in [4.69, 9.17) is 0 Å². The second-order valence-corrected chi connectivity index (χ2v) is 5.60. The zero-order chi connectivity index (χ0) is 15.6. The van der Waals surface area contributed by atoms with E-state index in [9.17, 15) is 22.0 Å². The van der Waals surface area contributed by atoms with Crippen LogP contribution in [0, 0.1) is 17.6 Å². The van der Waals surface area contributed by atoms with E-state index in [1.165, 1.54) is 0 Å². The number of hydrogen-bond donors (Lipinski definition) is 0. The highest BCUT2D eigenvalue weighted by Crippen LogP contribution is 2.40. The molecule has 0 spiro atoms. The van der Waals surface area contributed by atoms with Crippen LogP contribution in [0.2, 0.25) is 0 Å². The van der Waals surface area contributed by atoms with Crippen LogP contribution < -0.4 is 0 Å². The average molecular weight is 304 g/mol. The Labute approximate surface area is 120 Å². The highest BCUT2D eigenvalue weighted by atomic mass is 19.4. The fraction of sp³-hybridized carbons (Fsp3) is 0.500. The van der Waals surface area contributed by atoms with Crippen molar-refractivity contribution < 1.29 is 22.0 Å². The van der Waals surface area contributed by atoms with Gasteiger partial charge in [0.15, 0.2) is 0 Å². The maximum absolute atomic E-state index is 13.6. The lowest BCUT2D eigenvalue weighted by Gasteiger charge is -2.28. The van der Waals surface area contributed by atoms with E-state index in [-0.39, 0.29) is 5.92 Å². The molecule has 1 saturated carbocycles. The lowest BCUT2D eigenvalue weighted by atomic mass is 9.77. The van der Waals surface area contributed by atoms with E-state index in [0.717, 1.165) is 44.2 Å². The molecule has 0 saturated heterocycles. The molecule has 21 heavy (non-hydrogen) atoms. The summed E-state index contributed by atoms with van der Waals surface area (Å²) in [6, 6.07) is 1.68. The Balaban J connectivity index is 2.18. The van der Waals surface area contributed by atoms with E-state index in [0.29, 0.717) is 11.5 Å². The minimum absolute atomic E-state index is 0.0719. The molecule has 0 nitrogen and oxygen atoms in total. The molecule has 1 fully saturated rings. The van der Waals surface area contributed by atoms with Gasteiger partial charge >= 0.3 is 6.18 Å². The van der Waals surface area contributed by atoms with Gasteiger partial charge in [-0.2, -0.15) is 13.2 Å². The number of rotatable bonds is 3. The maximum atomic E-state index is 13.6. The molecule has 116 valence electrons. The molecule has 0 radical (unpaired) electrons. The molecule has 0 aliphatic heterocycles. The van der Waals surface area contributed by atoms with Gasteiger partial charge in [0.1, 0.15) is 17.2 Å². The van der Waals surface area contributed by atoms with E-state index in [1.807, 2.05) is 6.08 Å². The van der Waals surface area contributed by atoms with Crippen molar-refractivity contribution >= 4 is 0 Å². The SMILES string of the molecule is C=CC[C@H]1CC[C@H](c2cc(F)c(C(F)(F)F)c(F)c2)CC1. The smallest absolute Gasteiger partial charge is 0.206 e. The number of hydrogen-bond acceptors (Lipinski definition) is 0. The molecule has 1 aliphatic carbocycles. The van der Waals surface area contributed by atoms with Gasteiger partial charge in [0.25, 0.3) is 0 Å². The third kappa shape index (κ3) is 3.63. The first kappa shape index (κ1) is 16.0. The highest BCUT2D eigenvalue weighted by molar-refractivity contribution is 5.30. The quantitative estimate of drug-likeness (QED) is 0.486. The Kier molecular flexibility index (Phi) is 4.69.